The van der Waals surface area contributed by atoms with Crippen molar-refractivity contribution in [3.8, 4) is 17.2 Å². The van der Waals surface area contributed by atoms with Crippen molar-refractivity contribution >= 4 is 38.3 Å². The third-order valence-electron chi connectivity index (χ3n) is 3.86. The molecule has 9 nitrogen and oxygen atoms in total. The van der Waals surface area contributed by atoms with Crippen LogP contribution in [-0.2, 0) is 0 Å². The van der Waals surface area contributed by atoms with E-state index >= 15 is 0 Å². The molecule has 1 N–H and O–H groups in total. The van der Waals surface area contributed by atoms with E-state index < -0.39 is 10.8 Å². The average Bonchev–Trinajstić information content (AvgIpc) is 3.09. The predicted molar refractivity (Wildman–Crippen MR) is 110 cm³/mol. The molecule has 0 bridgehead atoms. The molecule has 0 saturated carbocycles. The van der Waals surface area contributed by atoms with Crippen molar-refractivity contribution in [2.24, 2.45) is 0 Å². The predicted octanol–water partition coefficient (Wildman–Crippen LogP) is 4.26. The number of benzene rings is 2. The van der Waals surface area contributed by atoms with Crippen molar-refractivity contribution < 1.29 is 23.9 Å². The fraction of sp³-hybridized carbons (Fsp3) is 0.263. The number of aromatic nitrogens is 1. The Bertz CT molecular complexity index is 1040. The summed E-state index contributed by atoms with van der Waals surface area (Å²) in [7, 11) is 1.41. The van der Waals surface area contributed by atoms with Gasteiger partial charge < -0.3 is 14.2 Å². The summed E-state index contributed by atoms with van der Waals surface area (Å²) in [5.74, 6) is 0.901. The highest BCUT2D eigenvalue weighted by atomic mass is 32.1. The number of nitro groups is 1. The van der Waals surface area contributed by atoms with Crippen LogP contribution in [0.25, 0.3) is 10.2 Å². The third kappa shape index (κ3) is 4.54. The van der Waals surface area contributed by atoms with E-state index in [2.05, 4.69) is 10.3 Å². The number of thiazole rings is 1. The van der Waals surface area contributed by atoms with Gasteiger partial charge in [0.2, 0.25) is 0 Å². The summed E-state index contributed by atoms with van der Waals surface area (Å²) in [6.07, 6.45) is 0. The third-order valence-corrected chi connectivity index (χ3v) is 4.78. The molecule has 0 aliphatic rings. The number of nitrogens with zero attached hydrogens (tertiary/aromatic N) is 2. The minimum absolute atomic E-state index is 0.110. The van der Waals surface area contributed by atoms with E-state index in [0.717, 1.165) is 11.3 Å². The summed E-state index contributed by atoms with van der Waals surface area (Å²) in [6, 6.07) is 7.63. The number of fused-ring (bicyclic) bond motifs is 1. The zero-order valence-electron chi connectivity index (χ0n) is 16.1. The molecule has 0 atom stereocenters. The molecular weight excluding hydrogens is 398 g/mol. The second-order valence-electron chi connectivity index (χ2n) is 5.78. The normalized spacial score (nSPS) is 10.6. The molecular formula is C19H19N3O6S. The van der Waals surface area contributed by atoms with Gasteiger partial charge in [0.15, 0.2) is 10.9 Å². The molecule has 0 aliphatic heterocycles. The van der Waals surface area contributed by atoms with Gasteiger partial charge in [-0.15, -0.1) is 0 Å². The number of amides is 1. The monoisotopic (exact) mass is 417 g/mol. The number of nitro benzene ring substituents is 1. The van der Waals surface area contributed by atoms with E-state index in [1.165, 1.54) is 19.2 Å². The lowest BCUT2D eigenvalue weighted by atomic mass is 10.2. The first-order chi connectivity index (χ1) is 13.9. The number of carbonyl (C=O) groups is 1. The molecule has 0 spiro atoms. The summed E-state index contributed by atoms with van der Waals surface area (Å²) in [5.41, 5.74) is 0.676. The van der Waals surface area contributed by atoms with Gasteiger partial charge >= 0.3 is 0 Å². The van der Waals surface area contributed by atoms with Crippen molar-refractivity contribution in [1.29, 1.82) is 0 Å². The van der Waals surface area contributed by atoms with E-state index in [1.54, 1.807) is 18.2 Å². The van der Waals surface area contributed by atoms with Crippen LogP contribution in [0.3, 0.4) is 0 Å². The first-order valence-corrected chi connectivity index (χ1v) is 9.61. The lowest BCUT2D eigenvalue weighted by Crippen LogP contribution is -2.12. The summed E-state index contributed by atoms with van der Waals surface area (Å²) < 4.78 is 16.7. The molecule has 29 heavy (non-hydrogen) atoms. The maximum atomic E-state index is 12.7. The average molecular weight is 417 g/mol. The van der Waals surface area contributed by atoms with Crippen LogP contribution < -0.4 is 19.5 Å². The molecule has 152 valence electrons. The number of carbonyl (C=O) groups excluding carboxylic acids is 1. The van der Waals surface area contributed by atoms with E-state index in [9.17, 15) is 14.9 Å². The second-order valence-corrected chi connectivity index (χ2v) is 6.81. The van der Waals surface area contributed by atoms with E-state index in [-0.39, 0.29) is 11.4 Å². The summed E-state index contributed by atoms with van der Waals surface area (Å²) in [5, 5.41) is 14.1. The summed E-state index contributed by atoms with van der Waals surface area (Å²) in [6.45, 7) is 4.60. The molecule has 0 fully saturated rings. The fourth-order valence-electron chi connectivity index (χ4n) is 2.67. The molecule has 0 aliphatic carbocycles. The Kier molecular flexibility index (Phi) is 6.13. The van der Waals surface area contributed by atoms with Gasteiger partial charge in [0.05, 0.1) is 36.0 Å². The topological polar surface area (TPSA) is 113 Å². The molecule has 10 heteroatoms. The van der Waals surface area contributed by atoms with Gasteiger partial charge in [-0.2, -0.15) is 0 Å². The van der Waals surface area contributed by atoms with Crippen molar-refractivity contribution in [3.63, 3.8) is 0 Å². The van der Waals surface area contributed by atoms with E-state index in [4.69, 9.17) is 14.2 Å². The second kappa shape index (κ2) is 8.74. The maximum Gasteiger partial charge on any atom is 0.274 e. The Morgan fingerprint density at radius 2 is 1.79 bits per heavy atom. The van der Waals surface area contributed by atoms with Gasteiger partial charge in [0.25, 0.3) is 11.6 Å². The molecule has 1 aromatic heterocycles. The van der Waals surface area contributed by atoms with Crippen LogP contribution in [-0.4, -0.2) is 36.1 Å². The number of hydrogen-bond acceptors (Lipinski definition) is 8. The van der Waals surface area contributed by atoms with Gasteiger partial charge in [-0.1, -0.05) is 11.3 Å². The molecule has 1 amide bonds. The van der Waals surface area contributed by atoms with Gasteiger partial charge in [0.1, 0.15) is 17.0 Å². The summed E-state index contributed by atoms with van der Waals surface area (Å²) >= 11 is 1.12. The number of hydrogen-bond donors (Lipinski definition) is 1. The van der Waals surface area contributed by atoms with Crippen LogP contribution in [0, 0.1) is 10.1 Å². The first-order valence-electron chi connectivity index (χ1n) is 8.80. The van der Waals surface area contributed by atoms with Crippen LogP contribution in [0.5, 0.6) is 17.2 Å². The zero-order valence-corrected chi connectivity index (χ0v) is 16.9. The molecule has 2 aromatic carbocycles. The highest BCUT2D eigenvalue weighted by molar-refractivity contribution is 7.22. The van der Waals surface area contributed by atoms with Crippen LogP contribution in [0.2, 0.25) is 0 Å². The number of ether oxygens (including phenoxy) is 3. The Hall–Kier alpha value is -3.40. The fourth-order valence-corrected chi connectivity index (χ4v) is 3.58. The van der Waals surface area contributed by atoms with Crippen molar-refractivity contribution in [2.45, 2.75) is 13.8 Å². The standard InChI is InChI=1S/C19H19N3O6S/c1-4-27-13-6-11(7-14(10-13)28-5-2)18(23)21-19-20-17-15(26-3)8-12(22(24)25)9-16(17)29-19/h6-10H,4-5H2,1-3H3,(H,20,21,23). The Balaban J connectivity index is 1.92. The highest BCUT2D eigenvalue weighted by Gasteiger charge is 2.18. The molecule has 0 unspecified atom stereocenters. The minimum atomic E-state index is -0.506. The van der Waals surface area contributed by atoms with Crippen molar-refractivity contribution in [2.75, 3.05) is 25.6 Å². The van der Waals surface area contributed by atoms with Crippen LogP contribution in [0.15, 0.2) is 30.3 Å². The summed E-state index contributed by atoms with van der Waals surface area (Å²) in [4.78, 5) is 27.7. The lowest BCUT2D eigenvalue weighted by Gasteiger charge is -2.10. The SMILES string of the molecule is CCOc1cc(OCC)cc(C(=O)Nc2nc3c(OC)cc([N+](=O)[O-])cc3s2)c1. The van der Waals surface area contributed by atoms with Gasteiger partial charge in [-0.05, 0) is 26.0 Å². The zero-order chi connectivity index (χ0) is 21.0. The van der Waals surface area contributed by atoms with E-state index in [0.29, 0.717) is 45.6 Å². The minimum Gasteiger partial charge on any atom is -0.494 e. The first kappa shape index (κ1) is 20.3. The number of non-ortho nitro benzene ring substituents is 1. The smallest absolute Gasteiger partial charge is 0.274 e. The van der Waals surface area contributed by atoms with Gasteiger partial charge in [-0.3, -0.25) is 20.2 Å². The number of methoxy groups -OCH3 is 1. The van der Waals surface area contributed by atoms with Gasteiger partial charge in [-0.25, -0.2) is 4.98 Å². The van der Waals surface area contributed by atoms with Crippen molar-refractivity contribution in [1.82, 2.24) is 4.98 Å². The quantitative estimate of drug-likeness (QED) is 0.430. The Morgan fingerprint density at radius 3 is 2.34 bits per heavy atom. The Morgan fingerprint density at radius 1 is 1.14 bits per heavy atom. The molecule has 0 radical (unpaired) electrons. The molecule has 3 aromatic rings. The highest BCUT2D eigenvalue weighted by Crippen LogP contribution is 2.36. The van der Waals surface area contributed by atoms with Crippen molar-refractivity contribution in [3.05, 3.63) is 46.0 Å². The largest absolute Gasteiger partial charge is 0.494 e. The number of anilines is 1. The molecule has 3 rings (SSSR count). The van der Waals surface area contributed by atoms with Crippen LogP contribution in [0.4, 0.5) is 10.8 Å². The Labute approximate surface area is 170 Å². The van der Waals surface area contributed by atoms with Crippen LogP contribution >= 0.6 is 11.3 Å². The maximum absolute atomic E-state index is 12.7. The lowest BCUT2D eigenvalue weighted by molar-refractivity contribution is -0.384. The van der Waals surface area contributed by atoms with Gasteiger partial charge in [0, 0.05) is 17.7 Å². The number of rotatable bonds is 8. The number of nitrogens with one attached hydrogen (secondary N) is 1. The molecule has 0 saturated heterocycles. The molecule has 1 heterocycles. The van der Waals surface area contributed by atoms with Crippen LogP contribution in [0.1, 0.15) is 24.2 Å². The van der Waals surface area contributed by atoms with E-state index in [1.807, 2.05) is 13.8 Å².